The summed E-state index contributed by atoms with van der Waals surface area (Å²) in [6, 6.07) is 6.49. The second kappa shape index (κ2) is 10.1. The molecule has 0 aliphatic rings. The number of nitrogens with one attached hydrogen (secondary N) is 1. The lowest BCUT2D eigenvalue weighted by Crippen LogP contribution is -2.33. The van der Waals surface area contributed by atoms with Crippen LogP contribution in [0.15, 0.2) is 29.3 Å². The van der Waals surface area contributed by atoms with E-state index in [-0.39, 0.29) is 29.8 Å². The molecule has 0 radical (unpaired) electrons. The van der Waals surface area contributed by atoms with Crippen molar-refractivity contribution in [3.05, 3.63) is 35.6 Å². The number of halogens is 2. The number of benzene rings is 1. The average molecular weight is 365 g/mol. The number of hydrogen-bond donors (Lipinski definition) is 2. The summed E-state index contributed by atoms with van der Waals surface area (Å²) in [5, 5.41) is 3.04. The zero-order valence-electron chi connectivity index (χ0n) is 10.7. The summed E-state index contributed by atoms with van der Waals surface area (Å²) in [7, 11) is 0. The quantitative estimate of drug-likeness (QED) is 0.353. The molecule has 3 N–H and O–H groups in total. The minimum Gasteiger partial charge on any atom is -0.370 e. The van der Waals surface area contributed by atoms with Crippen LogP contribution in [-0.2, 0) is 6.42 Å². The van der Waals surface area contributed by atoms with Crippen LogP contribution in [0.5, 0.6) is 0 Å². The highest BCUT2D eigenvalue weighted by Gasteiger charge is 1.95. The molecule has 1 rings (SSSR count). The van der Waals surface area contributed by atoms with Gasteiger partial charge in [0.15, 0.2) is 5.96 Å². The lowest BCUT2D eigenvalue weighted by atomic mass is 10.1. The van der Waals surface area contributed by atoms with Crippen molar-refractivity contribution in [3.63, 3.8) is 0 Å². The van der Waals surface area contributed by atoms with Crippen LogP contribution in [0.2, 0.25) is 0 Å². The van der Waals surface area contributed by atoms with E-state index in [9.17, 15) is 4.39 Å². The SMILES string of the molecule is CCCCN=C(N)NCCc1ccc(F)cc1.I. The number of rotatable bonds is 6. The van der Waals surface area contributed by atoms with Crippen molar-refractivity contribution in [1.29, 1.82) is 0 Å². The molecule has 0 bridgehead atoms. The van der Waals surface area contributed by atoms with Gasteiger partial charge in [0.05, 0.1) is 0 Å². The maximum absolute atomic E-state index is 12.7. The van der Waals surface area contributed by atoms with Gasteiger partial charge in [-0.2, -0.15) is 0 Å². The topological polar surface area (TPSA) is 50.4 Å². The zero-order chi connectivity index (χ0) is 12.5. The van der Waals surface area contributed by atoms with Crippen LogP contribution in [-0.4, -0.2) is 19.0 Å². The average Bonchev–Trinajstić information content (AvgIpc) is 2.32. The number of aliphatic imine (C=N–C) groups is 1. The molecule has 1 aromatic carbocycles. The molecule has 18 heavy (non-hydrogen) atoms. The fourth-order valence-electron chi connectivity index (χ4n) is 1.40. The first-order valence-corrected chi connectivity index (χ1v) is 6.00. The number of unbranched alkanes of at least 4 members (excludes halogenated alkanes) is 1. The van der Waals surface area contributed by atoms with Crippen LogP contribution in [0, 0.1) is 5.82 Å². The summed E-state index contributed by atoms with van der Waals surface area (Å²) >= 11 is 0. The highest BCUT2D eigenvalue weighted by atomic mass is 127. The largest absolute Gasteiger partial charge is 0.370 e. The van der Waals surface area contributed by atoms with Gasteiger partial charge in [0, 0.05) is 13.1 Å². The second-order valence-corrected chi connectivity index (χ2v) is 3.92. The number of nitrogens with zero attached hydrogens (tertiary/aromatic N) is 1. The van der Waals surface area contributed by atoms with E-state index in [1.165, 1.54) is 12.1 Å². The predicted octanol–water partition coefficient (Wildman–Crippen LogP) is 2.69. The van der Waals surface area contributed by atoms with Crippen molar-refractivity contribution >= 4 is 29.9 Å². The first-order chi connectivity index (χ1) is 8.22. The van der Waals surface area contributed by atoms with Gasteiger partial charge in [0.25, 0.3) is 0 Å². The summed E-state index contributed by atoms with van der Waals surface area (Å²) < 4.78 is 12.7. The predicted molar refractivity (Wildman–Crippen MR) is 84.9 cm³/mol. The van der Waals surface area contributed by atoms with Gasteiger partial charge in [-0.1, -0.05) is 25.5 Å². The Bertz CT molecular complexity index is 352. The molecule has 0 atom stereocenters. The number of nitrogens with two attached hydrogens (primary N) is 1. The van der Waals surface area contributed by atoms with E-state index >= 15 is 0 Å². The third-order valence-electron chi connectivity index (χ3n) is 2.43. The highest BCUT2D eigenvalue weighted by Crippen LogP contribution is 2.02. The standard InChI is InChI=1S/C13H20FN3.HI/c1-2-3-9-16-13(15)17-10-8-11-4-6-12(14)7-5-11;/h4-7H,2-3,8-10H2,1H3,(H3,15,16,17);1H. The molecule has 3 nitrogen and oxygen atoms in total. The van der Waals surface area contributed by atoms with Crippen LogP contribution in [0.4, 0.5) is 4.39 Å². The summed E-state index contributed by atoms with van der Waals surface area (Å²) in [6.45, 7) is 3.60. The zero-order valence-corrected chi connectivity index (χ0v) is 13.0. The van der Waals surface area contributed by atoms with Gasteiger partial charge in [-0.15, -0.1) is 24.0 Å². The van der Waals surface area contributed by atoms with Crippen LogP contribution in [0.1, 0.15) is 25.3 Å². The molecule has 0 unspecified atom stereocenters. The number of hydrogen-bond acceptors (Lipinski definition) is 1. The van der Waals surface area contributed by atoms with E-state index in [0.717, 1.165) is 31.4 Å². The molecule has 0 heterocycles. The molecule has 0 saturated carbocycles. The highest BCUT2D eigenvalue weighted by molar-refractivity contribution is 14.0. The van der Waals surface area contributed by atoms with Crippen molar-refractivity contribution in [2.75, 3.05) is 13.1 Å². The van der Waals surface area contributed by atoms with Gasteiger partial charge in [-0.3, -0.25) is 4.99 Å². The molecule has 0 aliphatic carbocycles. The Kier molecular flexibility index (Phi) is 9.63. The van der Waals surface area contributed by atoms with E-state index in [1.807, 2.05) is 0 Å². The Morgan fingerprint density at radius 1 is 1.33 bits per heavy atom. The smallest absolute Gasteiger partial charge is 0.188 e. The first kappa shape index (κ1) is 17.2. The van der Waals surface area contributed by atoms with E-state index in [4.69, 9.17) is 5.73 Å². The van der Waals surface area contributed by atoms with Gasteiger partial charge >= 0.3 is 0 Å². The summed E-state index contributed by atoms with van der Waals surface area (Å²) in [4.78, 5) is 4.18. The molecule has 0 aromatic heterocycles. The minimum atomic E-state index is -0.206. The van der Waals surface area contributed by atoms with Gasteiger partial charge in [0.2, 0.25) is 0 Å². The van der Waals surface area contributed by atoms with Gasteiger partial charge in [-0.05, 0) is 30.5 Å². The summed E-state index contributed by atoms with van der Waals surface area (Å²) in [6.07, 6.45) is 2.98. The van der Waals surface area contributed by atoms with Crippen LogP contribution in [0.3, 0.4) is 0 Å². The van der Waals surface area contributed by atoms with Crippen molar-refractivity contribution in [3.8, 4) is 0 Å². The van der Waals surface area contributed by atoms with E-state index in [2.05, 4.69) is 17.2 Å². The monoisotopic (exact) mass is 365 g/mol. The van der Waals surface area contributed by atoms with Gasteiger partial charge in [-0.25, -0.2) is 4.39 Å². The third-order valence-corrected chi connectivity index (χ3v) is 2.43. The fourth-order valence-corrected chi connectivity index (χ4v) is 1.40. The third kappa shape index (κ3) is 7.47. The Labute approximate surface area is 125 Å². The fraction of sp³-hybridized carbons (Fsp3) is 0.462. The lowest BCUT2D eigenvalue weighted by Gasteiger charge is -2.05. The van der Waals surface area contributed by atoms with E-state index in [1.54, 1.807) is 12.1 Å². The number of guanidine groups is 1. The normalized spacial score (nSPS) is 10.9. The Morgan fingerprint density at radius 2 is 2.00 bits per heavy atom. The van der Waals surface area contributed by atoms with Crippen molar-refractivity contribution in [2.24, 2.45) is 10.7 Å². The van der Waals surface area contributed by atoms with E-state index < -0.39 is 0 Å². The minimum absolute atomic E-state index is 0. The molecule has 0 saturated heterocycles. The molecular weight excluding hydrogens is 344 g/mol. The molecule has 0 fully saturated rings. The Hall–Kier alpha value is -0.850. The van der Waals surface area contributed by atoms with Crippen LogP contribution >= 0.6 is 24.0 Å². The molecule has 0 amide bonds. The second-order valence-electron chi connectivity index (χ2n) is 3.92. The van der Waals surface area contributed by atoms with Crippen LogP contribution in [0.25, 0.3) is 0 Å². The van der Waals surface area contributed by atoms with E-state index in [0.29, 0.717) is 12.5 Å². The van der Waals surface area contributed by atoms with Gasteiger partial charge < -0.3 is 11.1 Å². The first-order valence-electron chi connectivity index (χ1n) is 6.00. The van der Waals surface area contributed by atoms with Crippen LogP contribution < -0.4 is 11.1 Å². The summed E-state index contributed by atoms with van der Waals surface area (Å²) in [5.41, 5.74) is 6.77. The molecule has 0 spiro atoms. The molecule has 5 heteroatoms. The van der Waals surface area contributed by atoms with Crippen molar-refractivity contribution in [1.82, 2.24) is 5.32 Å². The maximum Gasteiger partial charge on any atom is 0.188 e. The Morgan fingerprint density at radius 3 is 2.61 bits per heavy atom. The maximum atomic E-state index is 12.7. The molecule has 102 valence electrons. The molecule has 1 aromatic rings. The molecular formula is C13H21FIN3. The summed E-state index contributed by atoms with van der Waals surface area (Å²) in [5.74, 6) is 0.280. The lowest BCUT2D eigenvalue weighted by molar-refractivity contribution is 0.627. The van der Waals surface area contributed by atoms with Crippen molar-refractivity contribution < 1.29 is 4.39 Å². The van der Waals surface area contributed by atoms with Crippen molar-refractivity contribution in [2.45, 2.75) is 26.2 Å². The Balaban J connectivity index is 0.00000289. The van der Waals surface area contributed by atoms with Gasteiger partial charge in [0.1, 0.15) is 5.82 Å². The molecule has 0 aliphatic heterocycles.